The van der Waals surface area contributed by atoms with E-state index in [1.807, 2.05) is 0 Å². The zero-order valence-corrected chi connectivity index (χ0v) is 9.47. The lowest BCUT2D eigenvalue weighted by atomic mass is 9.75. The molecule has 0 spiro atoms. The standard InChI is InChI=1S/C11H19N3O/c1-10(2,7-12)8-14-9(15)6-11(13)4-3-5-11/h3-6,8,13H2,1-2H3,(H,14,15). The number of rotatable bonds is 4. The highest BCUT2D eigenvalue weighted by atomic mass is 16.1. The van der Waals surface area contributed by atoms with Gasteiger partial charge in [0.2, 0.25) is 5.91 Å². The lowest BCUT2D eigenvalue weighted by Crippen LogP contribution is -2.50. The monoisotopic (exact) mass is 209 g/mol. The van der Waals surface area contributed by atoms with E-state index < -0.39 is 5.41 Å². The minimum atomic E-state index is -0.503. The second-order valence-electron chi connectivity index (χ2n) is 5.17. The van der Waals surface area contributed by atoms with Crippen molar-refractivity contribution in [1.29, 1.82) is 5.26 Å². The molecule has 0 aromatic carbocycles. The van der Waals surface area contributed by atoms with Crippen LogP contribution in [0.2, 0.25) is 0 Å². The maximum Gasteiger partial charge on any atom is 0.221 e. The second-order valence-corrected chi connectivity index (χ2v) is 5.17. The summed E-state index contributed by atoms with van der Waals surface area (Å²) in [6.45, 7) is 3.99. The fraction of sp³-hybridized carbons (Fsp3) is 0.818. The Morgan fingerprint density at radius 3 is 2.60 bits per heavy atom. The molecule has 0 aromatic rings. The second kappa shape index (κ2) is 4.19. The number of nitrogens with one attached hydrogen (secondary N) is 1. The van der Waals surface area contributed by atoms with Gasteiger partial charge in [-0.25, -0.2) is 0 Å². The van der Waals surface area contributed by atoms with Gasteiger partial charge in [0.25, 0.3) is 0 Å². The fourth-order valence-corrected chi connectivity index (χ4v) is 1.55. The molecule has 1 rings (SSSR count). The summed E-state index contributed by atoms with van der Waals surface area (Å²) in [5.41, 5.74) is 5.17. The summed E-state index contributed by atoms with van der Waals surface area (Å²) >= 11 is 0. The Labute approximate surface area is 90.8 Å². The Bertz CT molecular complexity index is 287. The number of nitrogens with two attached hydrogens (primary N) is 1. The summed E-state index contributed by atoms with van der Waals surface area (Å²) in [6.07, 6.45) is 3.37. The van der Waals surface area contributed by atoms with Gasteiger partial charge in [-0.2, -0.15) is 5.26 Å². The summed E-state index contributed by atoms with van der Waals surface area (Å²) in [5, 5.41) is 11.5. The molecule has 1 saturated carbocycles. The number of nitrogens with zero attached hydrogens (tertiary/aromatic N) is 1. The molecule has 0 aromatic heterocycles. The van der Waals surface area contributed by atoms with Crippen molar-refractivity contribution in [3.63, 3.8) is 0 Å². The lowest BCUT2D eigenvalue weighted by molar-refractivity contribution is -0.123. The first-order valence-corrected chi connectivity index (χ1v) is 5.34. The highest BCUT2D eigenvalue weighted by Crippen LogP contribution is 2.31. The molecule has 3 N–H and O–H groups in total. The Kier molecular flexibility index (Phi) is 3.35. The molecule has 1 fully saturated rings. The average Bonchev–Trinajstić information content (AvgIpc) is 2.13. The maximum atomic E-state index is 11.5. The summed E-state index contributed by atoms with van der Waals surface area (Å²) in [7, 11) is 0. The van der Waals surface area contributed by atoms with Crippen molar-refractivity contribution >= 4 is 5.91 Å². The molecule has 0 atom stereocenters. The first kappa shape index (κ1) is 12.0. The summed E-state index contributed by atoms with van der Waals surface area (Å²) < 4.78 is 0. The van der Waals surface area contributed by atoms with Crippen LogP contribution in [0.4, 0.5) is 0 Å². The predicted molar refractivity (Wildman–Crippen MR) is 57.8 cm³/mol. The minimum Gasteiger partial charge on any atom is -0.354 e. The number of carbonyl (C=O) groups is 1. The predicted octanol–water partition coefficient (Wildman–Crippen LogP) is 0.924. The molecular formula is C11H19N3O. The van der Waals surface area contributed by atoms with Crippen molar-refractivity contribution in [3.05, 3.63) is 0 Å². The van der Waals surface area contributed by atoms with Crippen molar-refractivity contribution < 1.29 is 4.79 Å². The Morgan fingerprint density at radius 2 is 2.20 bits per heavy atom. The maximum absolute atomic E-state index is 11.5. The van der Waals surface area contributed by atoms with Gasteiger partial charge in [-0.15, -0.1) is 0 Å². The van der Waals surface area contributed by atoms with E-state index in [0.29, 0.717) is 13.0 Å². The summed E-state index contributed by atoms with van der Waals surface area (Å²) in [6, 6.07) is 2.14. The zero-order chi connectivity index (χ0) is 11.5. The van der Waals surface area contributed by atoms with Gasteiger partial charge in [0.05, 0.1) is 11.5 Å². The van der Waals surface area contributed by atoms with Gasteiger partial charge in [-0.3, -0.25) is 4.79 Å². The van der Waals surface area contributed by atoms with Crippen molar-refractivity contribution in [2.45, 2.75) is 45.1 Å². The van der Waals surface area contributed by atoms with Crippen LogP contribution in [0.25, 0.3) is 0 Å². The van der Waals surface area contributed by atoms with Crippen molar-refractivity contribution in [1.82, 2.24) is 5.32 Å². The van der Waals surface area contributed by atoms with Crippen LogP contribution >= 0.6 is 0 Å². The van der Waals surface area contributed by atoms with Crippen LogP contribution in [-0.2, 0) is 4.79 Å². The van der Waals surface area contributed by atoms with Gasteiger partial charge < -0.3 is 11.1 Å². The molecule has 0 heterocycles. The number of nitriles is 1. The van der Waals surface area contributed by atoms with Crippen LogP contribution in [0.1, 0.15) is 39.5 Å². The number of amides is 1. The van der Waals surface area contributed by atoms with Crippen LogP contribution < -0.4 is 11.1 Å². The molecule has 1 aliphatic carbocycles. The van der Waals surface area contributed by atoms with Crippen molar-refractivity contribution in [3.8, 4) is 6.07 Å². The van der Waals surface area contributed by atoms with Gasteiger partial charge in [0, 0.05) is 18.5 Å². The smallest absolute Gasteiger partial charge is 0.221 e. The first-order valence-electron chi connectivity index (χ1n) is 5.34. The Hall–Kier alpha value is -1.08. The Balaban J connectivity index is 2.28. The normalized spacial score (nSPS) is 18.8. The summed E-state index contributed by atoms with van der Waals surface area (Å²) in [4.78, 5) is 11.5. The average molecular weight is 209 g/mol. The van der Waals surface area contributed by atoms with Gasteiger partial charge in [-0.1, -0.05) is 0 Å². The zero-order valence-electron chi connectivity index (χ0n) is 9.47. The highest BCUT2D eigenvalue weighted by Gasteiger charge is 2.34. The fourth-order valence-electron chi connectivity index (χ4n) is 1.55. The van der Waals surface area contributed by atoms with Gasteiger partial charge in [-0.05, 0) is 33.1 Å². The largest absolute Gasteiger partial charge is 0.354 e. The minimum absolute atomic E-state index is 0.0412. The van der Waals surface area contributed by atoms with Crippen LogP contribution in [0.3, 0.4) is 0 Å². The van der Waals surface area contributed by atoms with Gasteiger partial charge >= 0.3 is 0 Å². The van der Waals surface area contributed by atoms with Crippen molar-refractivity contribution in [2.75, 3.05) is 6.54 Å². The van der Waals surface area contributed by atoms with Gasteiger partial charge in [0.15, 0.2) is 0 Å². The Morgan fingerprint density at radius 1 is 1.60 bits per heavy atom. The first-order chi connectivity index (χ1) is 6.87. The van der Waals surface area contributed by atoms with Crippen LogP contribution in [0.5, 0.6) is 0 Å². The molecule has 1 amide bonds. The molecule has 4 nitrogen and oxygen atoms in total. The van der Waals surface area contributed by atoms with E-state index in [2.05, 4.69) is 11.4 Å². The summed E-state index contributed by atoms with van der Waals surface area (Å²) in [5.74, 6) is -0.0412. The third-order valence-electron chi connectivity index (χ3n) is 2.89. The van der Waals surface area contributed by atoms with Crippen molar-refractivity contribution in [2.24, 2.45) is 11.1 Å². The molecule has 0 saturated heterocycles. The molecule has 4 heteroatoms. The molecule has 84 valence electrons. The molecule has 0 radical (unpaired) electrons. The molecule has 0 unspecified atom stereocenters. The van der Waals surface area contributed by atoms with E-state index in [9.17, 15) is 4.79 Å². The van der Waals surface area contributed by atoms with E-state index in [1.165, 1.54) is 0 Å². The van der Waals surface area contributed by atoms with Gasteiger partial charge in [0.1, 0.15) is 0 Å². The lowest BCUT2D eigenvalue weighted by Gasteiger charge is -2.37. The SMILES string of the molecule is CC(C)(C#N)CNC(=O)CC1(N)CCC1. The van der Waals surface area contributed by atoms with E-state index in [-0.39, 0.29) is 11.4 Å². The van der Waals surface area contributed by atoms with Crippen LogP contribution in [0.15, 0.2) is 0 Å². The van der Waals surface area contributed by atoms with E-state index in [1.54, 1.807) is 13.8 Å². The third kappa shape index (κ3) is 3.52. The quantitative estimate of drug-likeness (QED) is 0.722. The molecular weight excluding hydrogens is 190 g/mol. The number of carbonyl (C=O) groups excluding carboxylic acids is 1. The molecule has 0 bridgehead atoms. The van der Waals surface area contributed by atoms with E-state index in [4.69, 9.17) is 11.0 Å². The molecule has 0 aliphatic heterocycles. The van der Waals surface area contributed by atoms with Crippen LogP contribution in [0, 0.1) is 16.7 Å². The van der Waals surface area contributed by atoms with E-state index in [0.717, 1.165) is 19.3 Å². The number of hydrogen-bond acceptors (Lipinski definition) is 3. The topological polar surface area (TPSA) is 78.9 Å². The third-order valence-corrected chi connectivity index (χ3v) is 2.89. The molecule has 15 heavy (non-hydrogen) atoms. The van der Waals surface area contributed by atoms with Crippen LogP contribution in [-0.4, -0.2) is 18.0 Å². The molecule has 1 aliphatic rings. The number of hydrogen-bond donors (Lipinski definition) is 2. The highest BCUT2D eigenvalue weighted by molar-refractivity contribution is 5.77. The van der Waals surface area contributed by atoms with E-state index >= 15 is 0 Å².